The quantitative estimate of drug-likeness (QED) is 0.268. The number of non-ortho nitro benzene ring substituents is 1. The van der Waals surface area contributed by atoms with Crippen LogP contribution < -0.4 is 0 Å². The van der Waals surface area contributed by atoms with E-state index in [1.165, 1.54) is 36.4 Å². The molecule has 4 rings (SSSR count). The largest absolute Gasteiger partial charge is 0.459 e. The number of aryl methyl sites for hydroxylation is 1. The second-order valence-electron chi connectivity index (χ2n) is 7.96. The number of oxazole rings is 1. The smallest absolute Gasteiger partial charge is 0.338 e. The van der Waals surface area contributed by atoms with Gasteiger partial charge in [-0.15, -0.1) is 0 Å². The zero-order valence-corrected chi connectivity index (χ0v) is 18.0. The number of rotatable bonds is 7. The van der Waals surface area contributed by atoms with Gasteiger partial charge in [0.05, 0.1) is 23.2 Å². The molecule has 33 heavy (non-hydrogen) atoms. The summed E-state index contributed by atoms with van der Waals surface area (Å²) in [5, 5.41) is 10.9. The van der Waals surface area contributed by atoms with Crippen LogP contribution in [0.25, 0.3) is 11.5 Å². The molecule has 0 aliphatic heterocycles. The monoisotopic (exact) mass is 454 g/mol. The van der Waals surface area contributed by atoms with Crippen molar-refractivity contribution in [3.8, 4) is 11.5 Å². The molecular formula is C24H23FN2O6. The Morgan fingerprint density at radius 2 is 1.97 bits per heavy atom. The summed E-state index contributed by atoms with van der Waals surface area (Å²) in [5.74, 6) is 0.113. The predicted octanol–water partition coefficient (Wildman–Crippen LogP) is 5.38. The van der Waals surface area contributed by atoms with Crippen molar-refractivity contribution in [1.82, 2.24) is 4.98 Å². The molecule has 0 N–H and O–H groups in total. The molecule has 0 bridgehead atoms. The van der Waals surface area contributed by atoms with E-state index >= 15 is 0 Å². The van der Waals surface area contributed by atoms with Crippen molar-refractivity contribution in [2.24, 2.45) is 0 Å². The van der Waals surface area contributed by atoms with Gasteiger partial charge in [-0.1, -0.05) is 6.07 Å². The molecule has 2 atom stereocenters. The maximum Gasteiger partial charge on any atom is 0.338 e. The standard InChI is InChI=1S/C24H23FN2O6/c1-15-22(26-23(32-15)16-8-10-18(25)11-9-16)14-31-20-6-3-7-21(13-20)33-24(28)17-4-2-5-19(12-17)27(29)30/h2,4-5,8-12,20-21H,3,6-7,13-14H2,1H3/t20-,21+/m0/s1. The van der Waals surface area contributed by atoms with Gasteiger partial charge in [0.25, 0.3) is 5.69 Å². The van der Waals surface area contributed by atoms with E-state index in [0.29, 0.717) is 35.7 Å². The number of ether oxygens (including phenoxy) is 2. The Morgan fingerprint density at radius 1 is 1.21 bits per heavy atom. The molecule has 0 spiro atoms. The predicted molar refractivity (Wildman–Crippen MR) is 116 cm³/mol. The molecular weight excluding hydrogens is 431 g/mol. The molecule has 2 aromatic carbocycles. The van der Waals surface area contributed by atoms with Crippen LogP contribution in [0.1, 0.15) is 47.5 Å². The van der Waals surface area contributed by atoms with E-state index in [2.05, 4.69) is 4.98 Å². The van der Waals surface area contributed by atoms with Crippen LogP contribution in [0, 0.1) is 22.9 Å². The van der Waals surface area contributed by atoms with Gasteiger partial charge in [0.1, 0.15) is 23.4 Å². The molecule has 1 fully saturated rings. The van der Waals surface area contributed by atoms with E-state index < -0.39 is 10.9 Å². The van der Waals surface area contributed by atoms with Crippen LogP contribution in [-0.4, -0.2) is 28.1 Å². The van der Waals surface area contributed by atoms with E-state index in [0.717, 1.165) is 12.8 Å². The lowest BCUT2D eigenvalue weighted by Gasteiger charge is -2.28. The first-order valence-electron chi connectivity index (χ1n) is 10.7. The van der Waals surface area contributed by atoms with E-state index in [9.17, 15) is 19.3 Å². The van der Waals surface area contributed by atoms with Gasteiger partial charge in [-0.25, -0.2) is 14.2 Å². The molecule has 1 aliphatic carbocycles. The van der Waals surface area contributed by atoms with Gasteiger partial charge >= 0.3 is 5.97 Å². The van der Waals surface area contributed by atoms with Gasteiger partial charge < -0.3 is 13.9 Å². The molecule has 0 amide bonds. The van der Waals surface area contributed by atoms with Crippen LogP contribution >= 0.6 is 0 Å². The number of hydrogen-bond acceptors (Lipinski definition) is 7. The van der Waals surface area contributed by atoms with Gasteiger partial charge in [0.15, 0.2) is 0 Å². The van der Waals surface area contributed by atoms with Crippen LogP contribution in [0.3, 0.4) is 0 Å². The maximum absolute atomic E-state index is 13.1. The highest BCUT2D eigenvalue weighted by Gasteiger charge is 2.27. The average Bonchev–Trinajstić information content (AvgIpc) is 3.19. The fraction of sp³-hybridized carbons (Fsp3) is 0.333. The van der Waals surface area contributed by atoms with Crippen molar-refractivity contribution >= 4 is 11.7 Å². The summed E-state index contributed by atoms with van der Waals surface area (Å²) in [5.41, 5.74) is 1.33. The van der Waals surface area contributed by atoms with Gasteiger partial charge in [-0.3, -0.25) is 10.1 Å². The molecule has 9 heteroatoms. The molecule has 1 heterocycles. The molecule has 0 saturated heterocycles. The zero-order chi connectivity index (χ0) is 23.4. The third-order valence-electron chi connectivity index (χ3n) is 5.58. The molecule has 1 aromatic heterocycles. The highest BCUT2D eigenvalue weighted by molar-refractivity contribution is 5.90. The minimum Gasteiger partial charge on any atom is -0.459 e. The summed E-state index contributed by atoms with van der Waals surface area (Å²) in [6.45, 7) is 2.04. The van der Waals surface area contributed by atoms with Crippen molar-refractivity contribution in [1.29, 1.82) is 0 Å². The van der Waals surface area contributed by atoms with Crippen molar-refractivity contribution in [2.45, 2.75) is 51.4 Å². The Kier molecular flexibility index (Phi) is 6.79. The molecule has 8 nitrogen and oxygen atoms in total. The number of halogens is 1. The van der Waals surface area contributed by atoms with Gasteiger partial charge in [0, 0.05) is 24.1 Å². The van der Waals surface area contributed by atoms with Gasteiger partial charge in [0.2, 0.25) is 5.89 Å². The number of nitro benzene ring substituents is 1. The highest BCUT2D eigenvalue weighted by atomic mass is 19.1. The minimum atomic E-state index is -0.583. The lowest BCUT2D eigenvalue weighted by atomic mass is 9.94. The lowest BCUT2D eigenvalue weighted by molar-refractivity contribution is -0.384. The summed E-state index contributed by atoms with van der Waals surface area (Å²) in [4.78, 5) is 27.3. The summed E-state index contributed by atoms with van der Waals surface area (Å²) in [6.07, 6.45) is 2.44. The fourth-order valence-electron chi connectivity index (χ4n) is 3.80. The number of aromatic nitrogens is 1. The second-order valence-corrected chi connectivity index (χ2v) is 7.96. The maximum atomic E-state index is 13.1. The summed E-state index contributed by atoms with van der Waals surface area (Å²) < 4.78 is 30.4. The first kappa shape index (κ1) is 22.6. The van der Waals surface area contributed by atoms with Crippen molar-refractivity contribution in [3.63, 3.8) is 0 Å². The van der Waals surface area contributed by atoms with Gasteiger partial charge in [-0.05, 0) is 56.5 Å². The molecule has 1 saturated carbocycles. The summed E-state index contributed by atoms with van der Waals surface area (Å²) >= 11 is 0. The summed E-state index contributed by atoms with van der Waals surface area (Å²) in [6, 6.07) is 11.4. The first-order valence-corrected chi connectivity index (χ1v) is 10.7. The van der Waals surface area contributed by atoms with E-state index in [4.69, 9.17) is 13.9 Å². The van der Waals surface area contributed by atoms with E-state index in [-0.39, 0.29) is 35.9 Å². The van der Waals surface area contributed by atoms with Crippen molar-refractivity contribution in [3.05, 3.63) is 81.5 Å². The molecule has 0 unspecified atom stereocenters. The SMILES string of the molecule is Cc1oc(-c2ccc(F)cc2)nc1CO[C@H]1CCC[C@@H](OC(=O)c2cccc([N+](=O)[O-])c2)C1. The van der Waals surface area contributed by atoms with E-state index in [1.807, 2.05) is 0 Å². The third kappa shape index (κ3) is 5.61. The van der Waals surface area contributed by atoms with Gasteiger partial charge in [-0.2, -0.15) is 0 Å². The molecule has 3 aromatic rings. The number of carbonyl (C=O) groups is 1. The summed E-state index contributed by atoms with van der Waals surface area (Å²) in [7, 11) is 0. The normalized spacial score (nSPS) is 18.1. The van der Waals surface area contributed by atoms with Crippen molar-refractivity contribution in [2.75, 3.05) is 0 Å². The Labute approximate surface area is 189 Å². The Bertz CT molecular complexity index is 1140. The van der Waals surface area contributed by atoms with Crippen LogP contribution in [0.5, 0.6) is 0 Å². The highest BCUT2D eigenvalue weighted by Crippen LogP contribution is 2.27. The zero-order valence-electron chi connectivity index (χ0n) is 18.0. The van der Waals surface area contributed by atoms with Crippen LogP contribution in [0.4, 0.5) is 10.1 Å². The average molecular weight is 454 g/mol. The fourth-order valence-corrected chi connectivity index (χ4v) is 3.80. The number of nitro groups is 1. The van der Waals surface area contributed by atoms with Crippen LogP contribution in [-0.2, 0) is 16.1 Å². The number of hydrogen-bond donors (Lipinski definition) is 0. The number of nitrogens with zero attached hydrogens (tertiary/aromatic N) is 2. The Balaban J connectivity index is 1.33. The second kappa shape index (κ2) is 9.91. The topological polar surface area (TPSA) is 105 Å². The first-order chi connectivity index (χ1) is 15.9. The Morgan fingerprint density at radius 3 is 2.73 bits per heavy atom. The lowest BCUT2D eigenvalue weighted by Crippen LogP contribution is -2.30. The number of benzene rings is 2. The van der Waals surface area contributed by atoms with Crippen LogP contribution in [0.15, 0.2) is 52.9 Å². The number of carbonyl (C=O) groups excluding carboxylic acids is 1. The van der Waals surface area contributed by atoms with Crippen molar-refractivity contribution < 1.29 is 28.0 Å². The third-order valence-corrected chi connectivity index (χ3v) is 5.58. The number of esters is 1. The molecule has 1 aliphatic rings. The Hall–Kier alpha value is -3.59. The van der Waals surface area contributed by atoms with Crippen LogP contribution in [0.2, 0.25) is 0 Å². The van der Waals surface area contributed by atoms with E-state index in [1.54, 1.807) is 19.1 Å². The molecule has 0 radical (unpaired) electrons. The molecule has 172 valence electrons. The minimum absolute atomic E-state index is 0.118.